The van der Waals surface area contributed by atoms with Crippen LogP contribution in [-0.2, 0) is 6.61 Å². The molecule has 0 atom stereocenters. The van der Waals surface area contributed by atoms with Gasteiger partial charge in [-0.15, -0.1) is 0 Å². The Morgan fingerprint density at radius 3 is 2.33 bits per heavy atom. The zero-order chi connectivity index (χ0) is 21.5. The minimum atomic E-state index is -0.367. The molecular weight excluding hydrogens is 379 g/mol. The Kier molecular flexibility index (Phi) is 7.02. The molecule has 0 heterocycles. The van der Waals surface area contributed by atoms with Crippen molar-refractivity contribution >= 4 is 11.9 Å². The molecule has 0 aromatic heterocycles. The Morgan fingerprint density at radius 2 is 1.70 bits per heavy atom. The van der Waals surface area contributed by atoms with Crippen LogP contribution < -0.4 is 9.47 Å². The van der Waals surface area contributed by atoms with Gasteiger partial charge in [-0.3, -0.25) is 4.79 Å². The molecule has 3 nitrogen and oxygen atoms in total. The SMILES string of the molecule is COc1ccc(/C=C/C(=O)c2ccc(F)cc2)cc1COc1ccc(C(C)C)cc1. The van der Waals surface area contributed by atoms with Crippen molar-refractivity contribution in [1.82, 2.24) is 0 Å². The summed E-state index contributed by atoms with van der Waals surface area (Å²) in [6.07, 6.45) is 3.20. The van der Waals surface area contributed by atoms with Crippen LogP contribution in [0.1, 0.15) is 46.8 Å². The van der Waals surface area contributed by atoms with Gasteiger partial charge in [-0.25, -0.2) is 4.39 Å². The van der Waals surface area contributed by atoms with Crippen molar-refractivity contribution in [3.05, 3.63) is 101 Å². The minimum absolute atomic E-state index is 0.186. The van der Waals surface area contributed by atoms with E-state index in [-0.39, 0.29) is 11.6 Å². The van der Waals surface area contributed by atoms with Gasteiger partial charge in [-0.05, 0) is 71.7 Å². The number of benzene rings is 3. The summed E-state index contributed by atoms with van der Waals surface area (Å²) in [5.74, 6) is 1.42. The normalized spacial score (nSPS) is 11.1. The Bertz CT molecular complexity index is 1020. The molecule has 0 saturated heterocycles. The van der Waals surface area contributed by atoms with Gasteiger partial charge < -0.3 is 9.47 Å². The average molecular weight is 404 g/mol. The van der Waals surface area contributed by atoms with Crippen LogP contribution in [0.2, 0.25) is 0 Å². The van der Waals surface area contributed by atoms with Gasteiger partial charge in [0.2, 0.25) is 0 Å². The Balaban J connectivity index is 1.71. The lowest BCUT2D eigenvalue weighted by Gasteiger charge is -2.12. The first kappa shape index (κ1) is 21.3. The van der Waals surface area contributed by atoms with Crippen molar-refractivity contribution in [2.75, 3.05) is 7.11 Å². The van der Waals surface area contributed by atoms with Gasteiger partial charge in [-0.1, -0.05) is 38.1 Å². The van der Waals surface area contributed by atoms with E-state index in [1.54, 1.807) is 13.2 Å². The van der Waals surface area contributed by atoms with Crippen LogP contribution in [0.15, 0.2) is 72.8 Å². The molecule has 3 aromatic carbocycles. The van der Waals surface area contributed by atoms with E-state index in [0.29, 0.717) is 18.1 Å². The Morgan fingerprint density at radius 1 is 1.00 bits per heavy atom. The molecule has 4 heteroatoms. The lowest BCUT2D eigenvalue weighted by Crippen LogP contribution is -2.00. The highest BCUT2D eigenvalue weighted by atomic mass is 19.1. The van der Waals surface area contributed by atoms with Crippen molar-refractivity contribution in [3.63, 3.8) is 0 Å². The molecule has 0 bridgehead atoms. The van der Waals surface area contributed by atoms with E-state index in [9.17, 15) is 9.18 Å². The Labute approximate surface area is 176 Å². The van der Waals surface area contributed by atoms with E-state index in [0.717, 1.165) is 22.6 Å². The smallest absolute Gasteiger partial charge is 0.185 e. The van der Waals surface area contributed by atoms with Gasteiger partial charge in [-0.2, -0.15) is 0 Å². The maximum absolute atomic E-state index is 13.0. The summed E-state index contributed by atoms with van der Waals surface area (Å²) in [4.78, 5) is 12.3. The zero-order valence-corrected chi connectivity index (χ0v) is 17.4. The van der Waals surface area contributed by atoms with Crippen molar-refractivity contribution in [3.8, 4) is 11.5 Å². The molecule has 0 N–H and O–H groups in total. The fourth-order valence-electron chi connectivity index (χ4n) is 3.01. The second-order valence-electron chi connectivity index (χ2n) is 7.29. The van der Waals surface area contributed by atoms with Gasteiger partial charge in [0.15, 0.2) is 5.78 Å². The summed E-state index contributed by atoms with van der Waals surface area (Å²) in [7, 11) is 1.61. The van der Waals surface area contributed by atoms with Gasteiger partial charge >= 0.3 is 0 Å². The molecule has 0 radical (unpaired) electrons. The molecule has 0 saturated carbocycles. The minimum Gasteiger partial charge on any atom is -0.496 e. The number of halogens is 1. The lowest BCUT2D eigenvalue weighted by atomic mass is 10.0. The fraction of sp³-hybridized carbons (Fsp3) is 0.192. The monoisotopic (exact) mass is 404 g/mol. The molecule has 3 aromatic rings. The fourth-order valence-corrected chi connectivity index (χ4v) is 3.01. The quantitative estimate of drug-likeness (QED) is 0.320. The topological polar surface area (TPSA) is 35.5 Å². The number of ketones is 1. The highest BCUT2D eigenvalue weighted by Gasteiger charge is 2.07. The molecule has 0 spiro atoms. The van der Waals surface area contributed by atoms with Crippen LogP contribution in [-0.4, -0.2) is 12.9 Å². The summed E-state index contributed by atoms with van der Waals surface area (Å²) in [6.45, 7) is 4.65. The van der Waals surface area contributed by atoms with Crippen LogP contribution in [0, 0.1) is 5.82 Å². The molecule has 154 valence electrons. The second kappa shape index (κ2) is 9.88. The molecular formula is C26H25FO3. The molecule has 0 amide bonds. The van der Waals surface area contributed by atoms with Crippen LogP contribution >= 0.6 is 0 Å². The van der Waals surface area contributed by atoms with E-state index in [2.05, 4.69) is 26.0 Å². The summed E-state index contributed by atoms with van der Waals surface area (Å²) in [5, 5.41) is 0. The van der Waals surface area contributed by atoms with Crippen LogP contribution in [0.25, 0.3) is 6.08 Å². The van der Waals surface area contributed by atoms with Crippen LogP contribution in [0.4, 0.5) is 4.39 Å². The molecule has 30 heavy (non-hydrogen) atoms. The number of ether oxygens (including phenoxy) is 2. The maximum atomic E-state index is 13.0. The number of carbonyl (C=O) groups is 1. The average Bonchev–Trinajstić information content (AvgIpc) is 2.76. The van der Waals surface area contributed by atoms with Crippen molar-refractivity contribution < 1.29 is 18.7 Å². The van der Waals surface area contributed by atoms with Crippen molar-refractivity contribution in [2.45, 2.75) is 26.4 Å². The molecule has 0 unspecified atom stereocenters. The maximum Gasteiger partial charge on any atom is 0.185 e. The first-order valence-electron chi connectivity index (χ1n) is 9.84. The van der Waals surface area contributed by atoms with E-state index >= 15 is 0 Å². The van der Waals surface area contributed by atoms with E-state index in [4.69, 9.17) is 9.47 Å². The van der Waals surface area contributed by atoms with Crippen LogP contribution in [0.3, 0.4) is 0 Å². The number of allylic oxidation sites excluding steroid dienone is 1. The summed E-state index contributed by atoms with van der Waals surface area (Å²) >= 11 is 0. The van der Waals surface area contributed by atoms with Crippen molar-refractivity contribution in [1.29, 1.82) is 0 Å². The third-order valence-corrected chi connectivity index (χ3v) is 4.80. The number of rotatable bonds is 8. The molecule has 0 aliphatic rings. The molecule has 0 aliphatic carbocycles. The molecule has 0 aliphatic heterocycles. The van der Waals surface area contributed by atoms with Crippen molar-refractivity contribution in [2.24, 2.45) is 0 Å². The lowest BCUT2D eigenvalue weighted by molar-refractivity contribution is 0.104. The van der Waals surface area contributed by atoms with E-state index < -0.39 is 0 Å². The Hall–Kier alpha value is -3.40. The van der Waals surface area contributed by atoms with Gasteiger partial charge in [0.05, 0.1) is 7.11 Å². The predicted molar refractivity (Wildman–Crippen MR) is 118 cm³/mol. The zero-order valence-electron chi connectivity index (χ0n) is 17.4. The number of carbonyl (C=O) groups excluding carboxylic acids is 1. The van der Waals surface area contributed by atoms with E-state index in [1.165, 1.54) is 35.9 Å². The first-order chi connectivity index (χ1) is 14.5. The predicted octanol–water partition coefficient (Wildman–Crippen LogP) is 6.43. The standard InChI is InChI=1S/C26H25FO3/c1-18(2)20-8-12-24(13-9-20)30-17-22-16-19(5-15-26(22)29-3)4-14-25(28)21-6-10-23(27)11-7-21/h4-16,18H,17H2,1-3H3/b14-4+. The van der Waals surface area contributed by atoms with E-state index in [1.807, 2.05) is 30.3 Å². The largest absolute Gasteiger partial charge is 0.496 e. The summed E-state index contributed by atoms with van der Waals surface area (Å²) < 4.78 is 24.4. The molecule has 3 rings (SSSR count). The first-order valence-corrected chi connectivity index (χ1v) is 9.84. The van der Waals surface area contributed by atoms with Gasteiger partial charge in [0, 0.05) is 11.1 Å². The summed E-state index contributed by atoms with van der Waals surface area (Å²) in [5.41, 5.74) is 3.43. The molecule has 0 fully saturated rings. The highest BCUT2D eigenvalue weighted by molar-refractivity contribution is 6.06. The van der Waals surface area contributed by atoms with Gasteiger partial charge in [0.1, 0.15) is 23.9 Å². The highest BCUT2D eigenvalue weighted by Crippen LogP contribution is 2.24. The third-order valence-electron chi connectivity index (χ3n) is 4.80. The number of hydrogen-bond donors (Lipinski definition) is 0. The third kappa shape index (κ3) is 5.57. The summed E-state index contributed by atoms with van der Waals surface area (Å²) in [6, 6.07) is 19.2. The number of hydrogen-bond acceptors (Lipinski definition) is 3. The van der Waals surface area contributed by atoms with Crippen LogP contribution in [0.5, 0.6) is 11.5 Å². The second-order valence-corrected chi connectivity index (χ2v) is 7.29. The number of methoxy groups -OCH3 is 1. The van der Waals surface area contributed by atoms with Gasteiger partial charge in [0.25, 0.3) is 0 Å².